The standard InChI is InChI=1S/C17H18F3N3O3S/c1-16(2,3)26-15-9-11(17(18,19)20)8-12(22-15)10-21-27-14-7-5-4-6-13(14)23(24)25/h4-9,21H,10H2,1-3H3. The fourth-order valence-electron chi connectivity index (χ4n) is 2.06. The molecule has 0 bridgehead atoms. The lowest BCUT2D eigenvalue weighted by Crippen LogP contribution is -2.24. The van der Waals surface area contributed by atoms with Crippen molar-refractivity contribution in [2.24, 2.45) is 0 Å². The van der Waals surface area contributed by atoms with E-state index < -0.39 is 22.3 Å². The van der Waals surface area contributed by atoms with Crippen LogP contribution in [0.5, 0.6) is 5.88 Å². The van der Waals surface area contributed by atoms with Crippen LogP contribution < -0.4 is 9.46 Å². The number of nitro benzene ring substituents is 1. The first-order chi connectivity index (χ1) is 12.5. The third-order valence-corrected chi connectivity index (χ3v) is 3.94. The second kappa shape index (κ2) is 8.13. The molecule has 0 aliphatic heterocycles. The molecule has 0 fully saturated rings. The van der Waals surface area contributed by atoms with E-state index in [1.54, 1.807) is 32.9 Å². The number of nitrogens with zero attached hydrogens (tertiary/aromatic N) is 2. The molecule has 27 heavy (non-hydrogen) atoms. The van der Waals surface area contributed by atoms with E-state index in [0.29, 0.717) is 4.90 Å². The van der Waals surface area contributed by atoms with E-state index in [-0.39, 0.29) is 23.8 Å². The molecule has 0 spiro atoms. The maximum atomic E-state index is 13.1. The van der Waals surface area contributed by atoms with Crippen LogP contribution in [0.25, 0.3) is 0 Å². The summed E-state index contributed by atoms with van der Waals surface area (Å²) in [5.74, 6) is -0.134. The van der Waals surface area contributed by atoms with E-state index in [1.165, 1.54) is 12.1 Å². The second-order valence-corrected chi connectivity index (χ2v) is 7.48. The predicted molar refractivity (Wildman–Crippen MR) is 95.4 cm³/mol. The Kier molecular flexibility index (Phi) is 6.32. The molecule has 0 aliphatic rings. The third-order valence-electron chi connectivity index (χ3n) is 3.09. The molecule has 1 aromatic heterocycles. The van der Waals surface area contributed by atoms with E-state index in [4.69, 9.17) is 4.74 Å². The summed E-state index contributed by atoms with van der Waals surface area (Å²) >= 11 is 0.949. The Morgan fingerprint density at radius 3 is 2.48 bits per heavy atom. The number of aromatic nitrogens is 1. The van der Waals surface area contributed by atoms with Crippen molar-refractivity contribution in [2.45, 2.75) is 44.0 Å². The molecule has 0 saturated heterocycles. The lowest BCUT2D eigenvalue weighted by Gasteiger charge is -2.21. The first-order valence-electron chi connectivity index (χ1n) is 7.86. The first-order valence-corrected chi connectivity index (χ1v) is 8.68. The maximum Gasteiger partial charge on any atom is 0.416 e. The van der Waals surface area contributed by atoms with Gasteiger partial charge in [0, 0.05) is 18.7 Å². The van der Waals surface area contributed by atoms with Gasteiger partial charge in [0.1, 0.15) is 10.5 Å². The highest BCUT2D eigenvalue weighted by molar-refractivity contribution is 7.97. The number of rotatable bonds is 6. The quantitative estimate of drug-likeness (QED) is 0.418. The average Bonchev–Trinajstić information content (AvgIpc) is 2.52. The molecule has 2 aromatic rings. The molecule has 0 amide bonds. The van der Waals surface area contributed by atoms with Gasteiger partial charge in [-0.1, -0.05) is 12.1 Å². The lowest BCUT2D eigenvalue weighted by atomic mass is 10.2. The number of nitrogens with one attached hydrogen (secondary N) is 1. The van der Waals surface area contributed by atoms with Crippen LogP contribution in [0, 0.1) is 10.1 Å². The van der Waals surface area contributed by atoms with Gasteiger partial charge in [-0.2, -0.15) is 13.2 Å². The molecule has 10 heteroatoms. The number of hydrogen-bond acceptors (Lipinski definition) is 6. The van der Waals surface area contributed by atoms with Crippen molar-refractivity contribution in [3.8, 4) is 5.88 Å². The minimum absolute atomic E-state index is 0.0405. The van der Waals surface area contributed by atoms with Gasteiger partial charge in [-0.05, 0) is 44.9 Å². The average molecular weight is 401 g/mol. The number of hydrogen-bond donors (Lipinski definition) is 1. The Balaban J connectivity index is 2.18. The monoisotopic (exact) mass is 401 g/mol. The van der Waals surface area contributed by atoms with Crippen molar-refractivity contribution >= 4 is 17.6 Å². The summed E-state index contributed by atoms with van der Waals surface area (Å²) in [5.41, 5.74) is -1.57. The second-order valence-electron chi connectivity index (χ2n) is 6.55. The number of pyridine rings is 1. The van der Waals surface area contributed by atoms with E-state index in [9.17, 15) is 23.3 Å². The topological polar surface area (TPSA) is 77.3 Å². The summed E-state index contributed by atoms with van der Waals surface area (Å²) in [4.78, 5) is 14.9. The van der Waals surface area contributed by atoms with E-state index in [1.807, 2.05) is 0 Å². The number of para-hydroxylation sites is 1. The van der Waals surface area contributed by atoms with Crippen LogP contribution in [0.3, 0.4) is 0 Å². The molecule has 2 rings (SSSR count). The molecular formula is C17H18F3N3O3S. The Morgan fingerprint density at radius 1 is 1.22 bits per heavy atom. The minimum Gasteiger partial charge on any atom is -0.472 e. The maximum absolute atomic E-state index is 13.1. The zero-order chi connectivity index (χ0) is 20.2. The van der Waals surface area contributed by atoms with Gasteiger partial charge in [0.15, 0.2) is 0 Å². The molecule has 0 aliphatic carbocycles. The normalized spacial score (nSPS) is 12.1. The van der Waals surface area contributed by atoms with Crippen LogP contribution in [0.2, 0.25) is 0 Å². The van der Waals surface area contributed by atoms with Crippen molar-refractivity contribution in [2.75, 3.05) is 0 Å². The number of ether oxygens (including phenoxy) is 1. The number of alkyl halides is 3. The number of halogens is 3. The molecule has 0 saturated carbocycles. The SMILES string of the molecule is CC(C)(C)Oc1cc(C(F)(F)F)cc(CNSc2ccccc2[N+](=O)[O-])n1. The molecular weight excluding hydrogens is 383 g/mol. The molecule has 0 unspecified atom stereocenters. The van der Waals surface area contributed by atoms with Crippen LogP contribution in [0.4, 0.5) is 18.9 Å². The molecule has 6 nitrogen and oxygen atoms in total. The molecule has 1 heterocycles. The highest BCUT2D eigenvalue weighted by atomic mass is 32.2. The Hall–Kier alpha value is -2.33. The predicted octanol–water partition coefficient (Wildman–Crippen LogP) is 4.98. The fourth-order valence-corrected chi connectivity index (χ4v) is 2.83. The van der Waals surface area contributed by atoms with Gasteiger partial charge in [0.25, 0.3) is 5.69 Å². The minimum atomic E-state index is -4.54. The van der Waals surface area contributed by atoms with Gasteiger partial charge in [0.05, 0.1) is 16.2 Å². The van der Waals surface area contributed by atoms with Gasteiger partial charge < -0.3 is 4.74 Å². The zero-order valence-electron chi connectivity index (χ0n) is 14.8. The molecule has 1 N–H and O–H groups in total. The Bertz CT molecular complexity index is 823. The van der Waals surface area contributed by atoms with Crippen molar-refractivity contribution < 1.29 is 22.8 Å². The summed E-state index contributed by atoms with van der Waals surface area (Å²) in [6.45, 7) is 5.08. The van der Waals surface area contributed by atoms with Crippen LogP contribution in [-0.2, 0) is 12.7 Å². The van der Waals surface area contributed by atoms with Gasteiger partial charge in [-0.3, -0.25) is 14.8 Å². The van der Waals surface area contributed by atoms with Crippen molar-refractivity contribution in [3.05, 3.63) is 57.8 Å². The summed E-state index contributed by atoms with van der Waals surface area (Å²) in [6.07, 6.45) is -4.54. The van der Waals surface area contributed by atoms with E-state index in [2.05, 4.69) is 9.71 Å². The summed E-state index contributed by atoms with van der Waals surface area (Å²) in [6, 6.07) is 7.83. The van der Waals surface area contributed by atoms with Crippen molar-refractivity contribution in [1.82, 2.24) is 9.71 Å². The number of benzene rings is 1. The smallest absolute Gasteiger partial charge is 0.416 e. The van der Waals surface area contributed by atoms with E-state index in [0.717, 1.165) is 24.1 Å². The molecule has 0 atom stereocenters. The first kappa shape index (κ1) is 21.0. The molecule has 0 radical (unpaired) electrons. The fraction of sp³-hybridized carbons (Fsp3) is 0.353. The van der Waals surface area contributed by atoms with Gasteiger partial charge >= 0.3 is 6.18 Å². The molecule has 146 valence electrons. The van der Waals surface area contributed by atoms with Gasteiger partial charge in [-0.15, -0.1) is 0 Å². The Labute approximate surface area is 158 Å². The van der Waals surface area contributed by atoms with Crippen LogP contribution >= 0.6 is 11.9 Å². The third kappa shape index (κ3) is 6.40. The van der Waals surface area contributed by atoms with E-state index >= 15 is 0 Å². The summed E-state index contributed by atoms with van der Waals surface area (Å²) in [7, 11) is 0. The molecule has 1 aromatic carbocycles. The van der Waals surface area contributed by atoms with Crippen LogP contribution in [-0.4, -0.2) is 15.5 Å². The lowest BCUT2D eigenvalue weighted by molar-refractivity contribution is -0.387. The van der Waals surface area contributed by atoms with Crippen molar-refractivity contribution in [3.63, 3.8) is 0 Å². The van der Waals surface area contributed by atoms with Crippen molar-refractivity contribution in [1.29, 1.82) is 0 Å². The van der Waals surface area contributed by atoms with Crippen LogP contribution in [0.15, 0.2) is 41.3 Å². The Morgan fingerprint density at radius 2 is 1.89 bits per heavy atom. The summed E-state index contributed by atoms with van der Waals surface area (Å²) in [5, 5.41) is 11.0. The van der Waals surface area contributed by atoms with Crippen LogP contribution in [0.1, 0.15) is 32.0 Å². The highest BCUT2D eigenvalue weighted by Gasteiger charge is 2.32. The largest absolute Gasteiger partial charge is 0.472 e. The van der Waals surface area contributed by atoms with Gasteiger partial charge in [0.2, 0.25) is 5.88 Å². The highest BCUT2D eigenvalue weighted by Crippen LogP contribution is 2.33. The zero-order valence-corrected chi connectivity index (χ0v) is 15.6. The number of nitro groups is 1. The summed E-state index contributed by atoms with van der Waals surface area (Å²) < 4.78 is 47.6. The van der Waals surface area contributed by atoms with Gasteiger partial charge in [-0.25, -0.2) is 4.98 Å².